The highest BCUT2D eigenvalue weighted by Gasteiger charge is 2.12. The molecule has 1 N–H and O–H groups in total. The number of hydrogen-bond acceptors (Lipinski definition) is 3. The molecule has 4 heteroatoms. The minimum atomic E-state index is -0.239. The molecule has 0 unspecified atom stereocenters. The van der Waals surface area contributed by atoms with Crippen molar-refractivity contribution in [3.8, 4) is 11.4 Å². The zero-order valence-corrected chi connectivity index (χ0v) is 11.7. The number of anilines is 1. The third-order valence-electron chi connectivity index (χ3n) is 3.23. The Labute approximate surface area is 112 Å². The van der Waals surface area contributed by atoms with Crippen molar-refractivity contribution in [2.24, 2.45) is 0 Å². The Morgan fingerprint density at radius 2 is 1.95 bits per heavy atom. The third-order valence-corrected chi connectivity index (χ3v) is 3.23. The minimum Gasteiger partial charge on any atom is -0.373 e. The maximum Gasteiger partial charge on any atom is 0.162 e. The van der Waals surface area contributed by atoms with Crippen LogP contribution in [0.2, 0.25) is 0 Å². The molecule has 0 aliphatic heterocycles. The van der Waals surface area contributed by atoms with Crippen molar-refractivity contribution in [2.45, 2.75) is 27.2 Å². The van der Waals surface area contributed by atoms with E-state index in [2.05, 4.69) is 22.2 Å². The van der Waals surface area contributed by atoms with Gasteiger partial charge in [-0.3, -0.25) is 0 Å². The van der Waals surface area contributed by atoms with Gasteiger partial charge in [0.15, 0.2) is 5.82 Å². The molecule has 0 aliphatic carbocycles. The fourth-order valence-corrected chi connectivity index (χ4v) is 2.22. The molecule has 0 amide bonds. The van der Waals surface area contributed by atoms with Crippen molar-refractivity contribution in [1.29, 1.82) is 0 Å². The van der Waals surface area contributed by atoms with Gasteiger partial charge in [0.2, 0.25) is 0 Å². The van der Waals surface area contributed by atoms with Crippen LogP contribution < -0.4 is 5.32 Å². The maximum absolute atomic E-state index is 13.2. The monoisotopic (exact) mass is 259 g/mol. The molecule has 19 heavy (non-hydrogen) atoms. The lowest BCUT2D eigenvalue weighted by molar-refractivity contribution is 0.627. The van der Waals surface area contributed by atoms with Crippen LogP contribution in [0.4, 0.5) is 10.2 Å². The molecule has 0 radical (unpaired) electrons. The van der Waals surface area contributed by atoms with E-state index in [9.17, 15) is 4.39 Å². The van der Waals surface area contributed by atoms with Gasteiger partial charge in [0.25, 0.3) is 0 Å². The van der Waals surface area contributed by atoms with E-state index in [0.717, 1.165) is 34.6 Å². The van der Waals surface area contributed by atoms with E-state index in [4.69, 9.17) is 0 Å². The molecule has 3 nitrogen and oxygen atoms in total. The Morgan fingerprint density at radius 1 is 1.21 bits per heavy atom. The highest BCUT2D eigenvalue weighted by Crippen LogP contribution is 2.25. The van der Waals surface area contributed by atoms with E-state index in [-0.39, 0.29) is 5.82 Å². The van der Waals surface area contributed by atoms with Gasteiger partial charge in [-0.2, -0.15) is 0 Å². The van der Waals surface area contributed by atoms with Gasteiger partial charge in [0.05, 0.1) is 0 Å². The number of halogens is 1. The van der Waals surface area contributed by atoms with Gasteiger partial charge in [-0.15, -0.1) is 0 Å². The molecular formula is C15H18FN3. The second kappa shape index (κ2) is 5.34. The number of nitrogens with zero attached hydrogens (tertiary/aromatic N) is 2. The van der Waals surface area contributed by atoms with Crippen LogP contribution in [0.15, 0.2) is 18.2 Å². The zero-order chi connectivity index (χ0) is 14.0. The van der Waals surface area contributed by atoms with Crippen molar-refractivity contribution >= 4 is 5.82 Å². The second-order valence-corrected chi connectivity index (χ2v) is 4.52. The molecular weight excluding hydrogens is 241 g/mol. The molecule has 1 aromatic heterocycles. The Morgan fingerprint density at radius 3 is 2.53 bits per heavy atom. The maximum atomic E-state index is 13.2. The number of aryl methyl sites for hydroxylation is 2. The third kappa shape index (κ3) is 2.57. The van der Waals surface area contributed by atoms with Crippen LogP contribution >= 0.6 is 0 Å². The van der Waals surface area contributed by atoms with Gasteiger partial charge in [-0.25, -0.2) is 14.4 Å². The molecule has 0 atom stereocenters. The van der Waals surface area contributed by atoms with Crippen LogP contribution in [0, 0.1) is 19.7 Å². The van der Waals surface area contributed by atoms with Gasteiger partial charge in [-0.05, 0) is 44.0 Å². The van der Waals surface area contributed by atoms with Crippen molar-refractivity contribution in [1.82, 2.24) is 9.97 Å². The first-order chi connectivity index (χ1) is 9.06. The van der Waals surface area contributed by atoms with Gasteiger partial charge < -0.3 is 5.32 Å². The minimum absolute atomic E-state index is 0.239. The first kappa shape index (κ1) is 13.5. The predicted molar refractivity (Wildman–Crippen MR) is 75.8 cm³/mol. The summed E-state index contributed by atoms with van der Waals surface area (Å²) in [6.07, 6.45) is 0.880. The second-order valence-electron chi connectivity index (χ2n) is 4.52. The molecule has 0 saturated carbocycles. The summed E-state index contributed by atoms with van der Waals surface area (Å²) in [6.45, 7) is 5.92. The number of nitrogens with one attached hydrogen (secondary N) is 1. The van der Waals surface area contributed by atoms with Gasteiger partial charge in [-0.1, -0.05) is 6.92 Å². The molecule has 0 bridgehead atoms. The lowest BCUT2D eigenvalue weighted by Gasteiger charge is -2.12. The quantitative estimate of drug-likeness (QED) is 0.916. The summed E-state index contributed by atoms with van der Waals surface area (Å²) in [6, 6.07) is 4.67. The first-order valence-corrected chi connectivity index (χ1v) is 6.38. The Hall–Kier alpha value is -1.97. The molecule has 2 rings (SSSR count). The van der Waals surface area contributed by atoms with Gasteiger partial charge in [0.1, 0.15) is 11.6 Å². The van der Waals surface area contributed by atoms with Crippen molar-refractivity contribution < 1.29 is 4.39 Å². The molecule has 1 heterocycles. The van der Waals surface area contributed by atoms with Crippen molar-refractivity contribution in [3.63, 3.8) is 0 Å². The van der Waals surface area contributed by atoms with E-state index < -0.39 is 0 Å². The molecule has 100 valence electrons. The molecule has 1 aromatic carbocycles. The standard InChI is InChI=1S/C15H18FN3/c1-5-12-10(3)18-15(19-14(12)17-4)13-7-6-11(16)8-9(13)2/h6-8H,5H2,1-4H3,(H,17,18,19). The smallest absolute Gasteiger partial charge is 0.162 e. The van der Waals surface area contributed by atoms with Gasteiger partial charge >= 0.3 is 0 Å². The highest BCUT2D eigenvalue weighted by molar-refractivity contribution is 5.63. The molecule has 0 spiro atoms. The summed E-state index contributed by atoms with van der Waals surface area (Å²) in [5, 5.41) is 3.10. The molecule has 0 fully saturated rings. The molecule has 2 aromatic rings. The Balaban J connectivity index is 2.60. The fourth-order valence-electron chi connectivity index (χ4n) is 2.22. The van der Waals surface area contributed by atoms with Crippen LogP contribution in [-0.2, 0) is 6.42 Å². The van der Waals surface area contributed by atoms with Crippen LogP contribution in [0.5, 0.6) is 0 Å². The summed E-state index contributed by atoms with van der Waals surface area (Å²) in [7, 11) is 1.85. The first-order valence-electron chi connectivity index (χ1n) is 6.38. The SMILES string of the molecule is CCc1c(C)nc(-c2ccc(F)cc2C)nc1NC. The van der Waals surface area contributed by atoms with E-state index >= 15 is 0 Å². The number of rotatable bonds is 3. The topological polar surface area (TPSA) is 37.8 Å². The summed E-state index contributed by atoms with van der Waals surface area (Å²) >= 11 is 0. The summed E-state index contributed by atoms with van der Waals surface area (Å²) in [4.78, 5) is 9.08. The predicted octanol–water partition coefficient (Wildman–Crippen LogP) is 3.50. The average Bonchev–Trinajstić information content (AvgIpc) is 2.37. The highest BCUT2D eigenvalue weighted by atomic mass is 19.1. The Kier molecular flexibility index (Phi) is 3.79. The average molecular weight is 259 g/mol. The van der Waals surface area contributed by atoms with E-state index in [0.29, 0.717) is 5.82 Å². The fraction of sp³-hybridized carbons (Fsp3) is 0.333. The summed E-state index contributed by atoms with van der Waals surface area (Å²) in [5.41, 5.74) is 3.78. The number of benzene rings is 1. The largest absolute Gasteiger partial charge is 0.373 e. The van der Waals surface area contributed by atoms with E-state index in [1.807, 2.05) is 20.9 Å². The van der Waals surface area contributed by atoms with E-state index in [1.54, 1.807) is 6.07 Å². The lowest BCUT2D eigenvalue weighted by Crippen LogP contribution is -2.05. The normalized spacial score (nSPS) is 10.6. The Bertz CT molecular complexity index is 609. The van der Waals surface area contributed by atoms with Crippen LogP contribution in [-0.4, -0.2) is 17.0 Å². The molecule has 0 aliphatic rings. The van der Waals surface area contributed by atoms with Crippen LogP contribution in [0.25, 0.3) is 11.4 Å². The number of hydrogen-bond donors (Lipinski definition) is 1. The number of aromatic nitrogens is 2. The lowest BCUT2D eigenvalue weighted by atomic mass is 10.1. The van der Waals surface area contributed by atoms with Crippen LogP contribution in [0.3, 0.4) is 0 Å². The van der Waals surface area contributed by atoms with Gasteiger partial charge in [0, 0.05) is 23.9 Å². The van der Waals surface area contributed by atoms with Crippen molar-refractivity contribution in [2.75, 3.05) is 12.4 Å². The summed E-state index contributed by atoms with van der Waals surface area (Å²) < 4.78 is 13.2. The van der Waals surface area contributed by atoms with E-state index in [1.165, 1.54) is 12.1 Å². The van der Waals surface area contributed by atoms with Crippen molar-refractivity contribution in [3.05, 3.63) is 40.8 Å². The van der Waals surface area contributed by atoms with Crippen LogP contribution in [0.1, 0.15) is 23.7 Å². The zero-order valence-electron chi connectivity index (χ0n) is 11.7. The molecule has 0 saturated heterocycles. The summed E-state index contributed by atoms with van der Waals surface area (Å²) in [5.74, 6) is 1.24.